The van der Waals surface area contributed by atoms with Crippen LogP contribution in [0.3, 0.4) is 0 Å². The van der Waals surface area contributed by atoms with E-state index in [1.165, 1.54) is 37.3 Å². The third kappa shape index (κ3) is 10.4. The monoisotopic (exact) mass is 954 g/mol. The Morgan fingerprint density at radius 2 is 1.24 bits per heavy atom. The van der Waals surface area contributed by atoms with Crippen molar-refractivity contribution in [1.82, 2.24) is 0 Å². The highest BCUT2D eigenvalue weighted by Gasteiger charge is 2.50. The van der Waals surface area contributed by atoms with E-state index in [1.54, 1.807) is 0 Å². The van der Waals surface area contributed by atoms with Crippen LogP contribution in [0.15, 0.2) is 65.1 Å². The van der Waals surface area contributed by atoms with Crippen LogP contribution in [0.1, 0.15) is 12.5 Å². The number of aliphatic hydroxyl groups is 9. The molecule has 23 nitrogen and oxygen atoms in total. The zero-order valence-corrected chi connectivity index (χ0v) is 35.0. The predicted molar refractivity (Wildman–Crippen MR) is 214 cm³/mol. The van der Waals surface area contributed by atoms with Crippen molar-refractivity contribution in [1.29, 1.82) is 0 Å². The molecule has 14 N–H and O–H groups in total. The van der Waals surface area contributed by atoms with Crippen LogP contribution in [0.4, 0.5) is 0 Å². The van der Waals surface area contributed by atoms with Gasteiger partial charge in [0.15, 0.2) is 29.6 Å². The molecule has 4 heterocycles. The second-order valence-corrected chi connectivity index (χ2v) is 15.5. The number of aromatic hydroxyl groups is 5. The summed E-state index contributed by atoms with van der Waals surface area (Å²) in [5, 5.41) is 146. The molecule has 360 valence electrons. The summed E-state index contributed by atoms with van der Waals surface area (Å²) >= 11 is 0. The molecule has 15 atom stereocenters. The average Bonchev–Trinajstić information content (AvgIpc) is 3.27. The van der Waals surface area contributed by atoms with Crippen molar-refractivity contribution >= 4 is 23.0 Å². The van der Waals surface area contributed by atoms with Gasteiger partial charge in [-0.2, -0.15) is 0 Å². The molecule has 4 aromatic rings. The van der Waals surface area contributed by atoms with E-state index in [2.05, 4.69) is 0 Å². The number of carbonyl (C=O) groups is 1. The molecule has 3 fully saturated rings. The number of phenols is 5. The first-order valence-corrected chi connectivity index (χ1v) is 19.9. The lowest BCUT2D eigenvalue weighted by Crippen LogP contribution is -3.00. The van der Waals surface area contributed by atoms with Crippen molar-refractivity contribution in [2.45, 2.75) is 99.0 Å². The SMILES string of the molecule is CC1OC(OCC2OC(Oc3cc4c(OC5OC(CO)C(O)C(O)C5O)cc(O)cc4[o+]c3-c3cc(O)c(O)c(O)c3)C(O)C(O)C2O)C(O)C(O)C1OC(=O)/C=C/c1ccc(O)cc1.[Cl-]. The second kappa shape index (κ2) is 20.7. The van der Waals surface area contributed by atoms with Gasteiger partial charge in [-0.05, 0) is 30.7 Å². The van der Waals surface area contributed by atoms with E-state index in [1.807, 2.05) is 0 Å². The summed E-state index contributed by atoms with van der Waals surface area (Å²) in [6.07, 6.45) is -23.3. The number of rotatable bonds is 12. The van der Waals surface area contributed by atoms with Crippen LogP contribution >= 0.6 is 0 Å². The molecule has 3 aromatic carbocycles. The van der Waals surface area contributed by atoms with Crippen molar-refractivity contribution in [2.24, 2.45) is 0 Å². The molecule has 7 rings (SSSR count). The molecule has 0 spiro atoms. The van der Waals surface area contributed by atoms with Gasteiger partial charge >= 0.3 is 17.3 Å². The van der Waals surface area contributed by atoms with Crippen molar-refractivity contribution in [3.05, 3.63) is 66.2 Å². The summed E-state index contributed by atoms with van der Waals surface area (Å²) in [7, 11) is 0. The van der Waals surface area contributed by atoms with E-state index in [-0.39, 0.29) is 46.2 Å². The predicted octanol–water partition coefficient (Wildman–Crippen LogP) is -4.61. The Labute approximate surface area is 378 Å². The molecule has 3 saturated heterocycles. The van der Waals surface area contributed by atoms with E-state index in [0.717, 1.165) is 36.4 Å². The molecule has 15 unspecified atom stereocenters. The minimum absolute atomic E-state index is 0. The van der Waals surface area contributed by atoms with Crippen LogP contribution in [-0.4, -0.2) is 183 Å². The minimum atomic E-state index is -2.03. The highest BCUT2D eigenvalue weighted by molar-refractivity contribution is 5.89. The number of aliphatic hydroxyl groups excluding tert-OH is 9. The molecule has 0 bridgehead atoms. The van der Waals surface area contributed by atoms with Gasteiger partial charge in [0.1, 0.15) is 83.7 Å². The second-order valence-electron chi connectivity index (χ2n) is 15.5. The number of fused-ring (bicyclic) bond motifs is 1. The molecule has 1 aromatic heterocycles. The van der Waals surface area contributed by atoms with Gasteiger partial charge < -0.3 is 117 Å². The number of carbonyl (C=O) groups excluding carboxylic acids is 1. The van der Waals surface area contributed by atoms with Crippen LogP contribution in [-0.2, 0) is 28.5 Å². The van der Waals surface area contributed by atoms with Crippen LogP contribution in [0, 0.1) is 0 Å². The van der Waals surface area contributed by atoms with Gasteiger partial charge in [0.25, 0.3) is 0 Å². The number of phenolic OH excluding ortho intramolecular Hbond substituents is 5. The van der Waals surface area contributed by atoms with Crippen molar-refractivity contribution in [3.63, 3.8) is 0 Å². The fourth-order valence-electron chi connectivity index (χ4n) is 7.28. The molecule has 3 aliphatic heterocycles. The van der Waals surface area contributed by atoms with Crippen LogP contribution in [0.5, 0.6) is 40.2 Å². The number of benzene rings is 3. The van der Waals surface area contributed by atoms with E-state index in [4.69, 9.17) is 37.6 Å². The highest BCUT2D eigenvalue weighted by atomic mass is 35.5. The molecule has 0 amide bonds. The van der Waals surface area contributed by atoms with Gasteiger partial charge in [0.2, 0.25) is 18.3 Å². The minimum Gasteiger partial charge on any atom is -1.00 e. The zero-order chi connectivity index (χ0) is 47.0. The Morgan fingerprint density at radius 3 is 1.86 bits per heavy atom. The topological polar surface area (TPSA) is 376 Å². The van der Waals surface area contributed by atoms with Gasteiger partial charge in [-0.1, -0.05) is 12.1 Å². The summed E-state index contributed by atoms with van der Waals surface area (Å²) in [5.41, 5.74) is 0.157. The van der Waals surface area contributed by atoms with E-state index in [9.17, 15) is 76.3 Å². The smallest absolute Gasteiger partial charge is 0.402 e. The van der Waals surface area contributed by atoms with Gasteiger partial charge in [-0.3, -0.25) is 0 Å². The third-order valence-electron chi connectivity index (χ3n) is 10.9. The number of esters is 1. The number of hydrogen-bond donors (Lipinski definition) is 14. The van der Waals surface area contributed by atoms with Crippen molar-refractivity contribution < 1.29 is 126 Å². The van der Waals surface area contributed by atoms with Crippen LogP contribution in [0.25, 0.3) is 28.4 Å². The lowest BCUT2D eigenvalue weighted by atomic mass is 9.98. The summed E-state index contributed by atoms with van der Waals surface area (Å²) in [4.78, 5) is 12.6. The Morgan fingerprint density at radius 1 is 0.667 bits per heavy atom. The van der Waals surface area contributed by atoms with Gasteiger partial charge in [0, 0.05) is 30.3 Å². The first kappa shape index (κ1) is 50.1. The fraction of sp³-hybridized carbons (Fsp3) is 0.429. The zero-order valence-electron chi connectivity index (χ0n) is 34.2. The Hall–Kier alpha value is -5.35. The molecule has 24 heteroatoms. The van der Waals surface area contributed by atoms with E-state index in [0.29, 0.717) is 5.56 Å². The maximum atomic E-state index is 12.6. The van der Waals surface area contributed by atoms with Gasteiger partial charge in [-0.25, -0.2) is 9.21 Å². The molecule has 66 heavy (non-hydrogen) atoms. The molecular weight excluding hydrogens is 908 g/mol. The van der Waals surface area contributed by atoms with Crippen molar-refractivity contribution in [2.75, 3.05) is 13.2 Å². The van der Waals surface area contributed by atoms with Crippen LogP contribution in [0.2, 0.25) is 0 Å². The van der Waals surface area contributed by atoms with Gasteiger partial charge in [-0.15, -0.1) is 0 Å². The molecule has 0 radical (unpaired) electrons. The Balaban J connectivity index is 0.00000720. The normalized spacial score (nSPS) is 32.4. The molecule has 0 saturated carbocycles. The van der Waals surface area contributed by atoms with Crippen molar-refractivity contribution in [3.8, 4) is 51.6 Å². The molecule has 3 aliphatic rings. The first-order chi connectivity index (χ1) is 30.8. The quantitative estimate of drug-likeness (QED) is 0.0275. The third-order valence-corrected chi connectivity index (χ3v) is 10.9. The fourth-order valence-corrected chi connectivity index (χ4v) is 7.28. The maximum Gasteiger partial charge on any atom is 0.402 e. The standard InChI is InChI=1S/C42H46O23.ClH/c1-15-38(65-28(48)7-4-16-2-5-18(44)6-3-16)34(54)37(57)40(59-15)58-14-27-31(51)33(53)36(56)42(64-27)62-25-12-20-23(60-39(25)17-8-21(46)29(49)22(47)9-17)10-19(45)11-24(20)61-41-35(55)32(52)30(50)26(13-43)63-41;/h2-12,15,26-27,30-38,40-43,50-57H,13-14H2,1H3,(H4-,44,45,46,47,48,49);1H. The number of hydrogen-bond acceptors (Lipinski definition) is 22. The summed E-state index contributed by atoms with van der Waals surface area (Å²) in [5.74, 6) is -5.06. The average molecular weight is 955 g/mol. The van der Waals surface area contributed by atoms with E-state index < -0.39 is 140 Å². The first-order valence-electron chi connectivity index (χ1n) is 19.9. The Bertz CT molecular complexity index is 2320. The lowest BCUT2D eigenvalue weighted by Gasteiger charge is -2.42. The number of halogens is 1. The summed E-state index contributed by atoms with van der Waals surface area (Å²) < 4.78 is 45.8. The largest absolute Gasteiger partial charge is 1.00 e. The number of ether oxygens (including phenoxy) is 7. The highest BCUT2D eigenvalue weighted by Crippen LogP contribution is 2.45. The lowest BCUT2D eigenvalue weighted by molar-refractivity contribution is -0.319. The summed E-state index contributed by atoms with van der Waals surface area (Å²) in [6.45, 7) is -0.0677. The van der Waals surface area contributed by atoms with E-state index >= 15 is 0 Å². The maximum absolute atomic E-state index is 12.6. The summed E-state index contributed by atoms with van der Waals surface area (Å²) in [6, 6.07) is 11.1. The Kier molecular flexibility index (Phi) is 15.7. The van der Waals surface area contributed by atoms with Gasteiger partial charge in [0.05, 0.1) is 30.9 Å². The molecular formula is C42H47ClO23. The molecule has 0 aliphatic carbocycles. The van der Waals surface area contributed by atoms with Crippen LogP contribution < -0.4 is 21.9 Å².